The van der Waals surface area contributed by atoms with Gasteiger partial charge in [-0.2, -0.15) is 0 Å². The molecule has 0 nitrogen and oxygen atoms in total. The Kier molecular flexibility index (Phi) is 5.99. The minimum Gasteiger partial charge on any atom is -0.126 e. The third-order valence-corrected chi connectivity index (χ3v) is 5.68. The van der Waals surface area contributed by atoms with Crippen molar-refractivity contribution in [3.63, 3.8) is 0 Å². The van der Waals surface area contributed by atoms with E-state index in [0.29, 0.717) is 10.7 Å². The molecule has 0 aliphatic carbocycles. The van der Waals surface area contributed by atoms with Gasteiger partial charge in [0.2, 0.25) is 0 Å². The molecule has 100 valence electrons. The fourth-order valence-corrected chi connectivity index (χ4v) is 3.64. The van der Waals surface area contributed by atoms with E-state index in [-0.39, 0.29) is 0 Å². The number of rotatable bonds is 6. The van der Waals surface area contributed by atoms with Crippen molar-refractivity contribution in [2.24, 2.45) is 5.92 Å². The van der Waals surface area contributed by atoms with Gasteiger partial charge in [0.05, 0.1) is 0 Å². The van der Waals surface area contributed by atoms with Gasteiger partial charge in [-0.25, -0.2) is 0 Å². The Bertz CT molecular complexity index is 469. The van der Waals surface area contributed by atoms with E-state index in [1.165, 1.54) is 22.6 Å². The monoisotopic (exact) mass is 334 g/mol. The van der Waals surface area contributed by atoms with Crippen molar-refractivity contribution in [1.82, 2.24) is 0 Å². The van der Waals surface area contributed by atoms with Crippen LogP contribution >= 0.6 is 27.7 Å². The molecule has 0 heterocycles. The zero-order valence-electron chi connectivity index (χ0n) is 11.1. The van der Waals surface area contributed by atoms with Crippen molar-refractivity contribution in [3.05, 3.63) is 66.2 Å². The van der Waals surface area contributed by atoms with Gasteiger partial charge in [-0.15, -0.1) is 11.8 Å². The topological polar surface area (TPSA) is 0 Å². The van der Waals surface area contributed by atoms with Gasteiger partial charge in [0, 0.05) is 9.72 Å². The molecule has 19 heavy (non-hydrogen) atoms. The van der Waals surface area contributed by atoms with Gasteiger partial charge < -0.3 is 0 Å². The number of thioether (sulfide) groups is 1. The molecule has 0 aliphatic heterocycles. The summed E-state index contributed by atoms with van der Waals surface area (Å²) >= 11 is 5.77. The molecule has 0 N–H and O–H groups in total. The maximum absolute atomic E-state index is 3.83. The van der Waals surface area contributed by atoms with Crippen LogP contribution in [0.3, 0.4) is 0 Å². The van der Waals surface area contributed by atoms with E-state index < -0.39 is 0 Å². The van der Waals surface area contributed by atoms with Crippen LogP contribution in [0.15, 0.2) is 65.6 Å². The fourth-order valence-electron chi connectivity index (χ4n) is 1.99. The van der Waals surface area contributed by atoms with E-state index in [9.17, 15) is 0 Å². The summed E-state index contributed by atoms with van der Waals surface area (Å²) < 4.78 is 0. The Hall–Kier alpha value is -0.730. The van der Waals surface area contributed by atoms with Gasteiger partial charge >= 0.3 is 0 Å². The SMILES string of the molecule is CC(CCSc1ccccc1)C(Br)c1ccccc1. The molecule has 2 aromatic rings. The van der Waals surface area contributed by atoms with E-state index in [0.717, 1.165) is 0 Å². The average molecular weight is 335 g/mol. The second-order valence-corrected chi connectivity index (χ2v) is 6.89. The molecule has 0 saturated carbocycles. The Morgan fingerprint density at radius 3 is 2.16 bits per heavy atom. The van der Waals surface area contributed by atoms with Crippen molar-refractivity contribution in [1.29, 1.82) is 0 Å². The Morgan fingerprint density at radius 1 is 0.947 bits per heavy atom. The smallest absolute Gasteiger partial charge is 0.0421 e. The first kappa shape index (κ1) is 14.7. The summed E-state index contributed by atoms with van der Waals surface area (Å²) in [6, 6.07) is 21.3. The lowest BCUT2D eigenvalue weighted by molar-refractivity contribution is 0.560. The Morgan fingerprint density at radius 2 is 1.53 bits per heavy atom. The first-order valence-corrected chi connectivity index (χ1v) is 8.54. The van der Waals surface area contributed by atoms with Crippen LogP contribution in [0.2, 0.25) is 0 Å². The van der Waals surface area contributed by atoms with Gasteiger partial charge in [0.1, 0.15) is 0 Å². The Labute approximate surface area is 128 Å². The zero-order valence-corrected chi connectivity index (χ0v) is 13.5. The fraction of sp³-hybridized carbons (Fsp3) is 0.294. The molecule has 0 bridgehead atoms. The first-order chi connectivity index (χ1) is 9.27. The number of halogens is 1. The van der Waals surface area contributed by atoms with Crippen LogP contribution in [-0.2, 0) is 0 Å². The zero-order chi connectivity index (χ0) is 13.5. The van der Waals surface area contributed by atoms with Crippen molar-refractivity contribution >= 4 is 27.7 Å². The lowest BCUT2D eigenvalue weighted by atomic mass is 9.99. The van der Waals surface area contributed by atoms with E-state index >= 15 is 0 Å². The lowest BCUT2D eigenvalue weighted by Crippen LogP contribution is -2.04. The molecule has 0 saturated heterocycles. The van der Waals surface area contributed by atoms with Crippen LogP contribution in [0.5, 0.6) is 0 Å². The molecule has 0 aromatic heterocycles. The lowest BCUT2D eigenvalue weighted by Gasteiger charge is -2.18. The number of hydrogen-bond donors (Lipinski definition) is 0. The molecule has 0 aliphatic rings. The molecule has 2 heteroatoms. The highest BCUT2D eigenvalue weighted by molar-refractivity contribution is 9.09. The third kappa shape index (κ3) is 4.70. The maximum atomic E-state index is 3.83. The summed E-state index contributed by atoms with van der Waals surface area (Å²) in [6.45, 7) is 2.32. The first-order valence-electron chi connectivity index (χ1n) is 6.64. The second kappa shape index (κ2) is 7.76. The number of hydrogen-bond acceptors (Lipinski definition) is 1. The van der Waals surface area contributed by atoms with E-state index in [1.54, 1.807) is 0 Å². The summed E-state index contributed by atoms with van der Waals surface area (Å²) in [4.78, 5) is 1.81. The highest BCUT2D eigenvalue weighted by Gasteiger charge is 2.15. The highest BCUT2D eigenvalue weighted by Crippen LogP contribution is 2.34. The quantitative estimate of drug-likeness (QED) is 0.465. The van der Waals surface area contributed by atoms with Gasteiger partial charge in [-0.1, -0.05) is 71.4 Å². The minimum atomic E-state index is 0.449. The predicted molar refractivity (Wildman–Crippen MR) is 89.1 cm³/mol. The standard InChI is InChI=1S/C17H19BrS/c1-14(17(18)15-8-4-2-5-9-15)12-13-19-16-10-6-3-7-11-16/h2-11,14,17H,12-13H2,1H3. The maximum Gasteiger partial charge on any atom is 0.0421 e. The Balaban J connectivity index is 1.80. The van der Waals surface area contributed by atoms with Crippen molar-refractivity contribution in [2.75, 3.05) is 5.75 Å². The number of alkyl halides is 1. The summed E-state index contributed by atoms with van der Waals surface area (Å²) in [5.74, 6) is 1.80. The van der Waals surface area contributed by atoms with Crippen LogP contribution < -0.4 is 0 Å². The molecule has 0 amide bonds. The molecular formula is C17H19BrS. The van der Waals surface area contributed by atoms with E-state index in [4.69, 9.17) is 0 Å². The van der Waals surface area contributed by atoms with Crippen LogP contribution in [0.25, 0.3) is 0 Å². The van der Waals surface area contributed by atoms with E-state index in [2.05, 4.69) is 83.5 Å². The second-order valence-electron chi connectivity index (χ2n) is 4.74. The summed E-state index contributed by atoms with van der Waals surface area (Å²) in [7, 11) is 0. The van der Waals surface area contributed by atoms with E-state index in [1.807, 2.05) is 11.8 Å². The summed E-state index contributed by atoms with van der Waals surface area (Å²) in [5.41, 5.74) is 1.37. The van der Waals surface area contributed by atoms with Gasteiger partial charge in [0.25, 0.3) is 0 Å². The molecule has 0 spiro atoms. The molecule has 0 radical (unpaired) electrons. The molecule has 2 atom stereocenters. The van der Waals surface area contributed by atoms with Gasteiger partial charge in [0.15, 0.2) is 0 Å². The largest absolute Gasteiger partial charge is 0.126 e. The van der Waals surface area contributed by atoms with Crippen LogP contribution in [0.1, 0.15) is 23.7 Å². The molecule has 0 fully saturated rings. The minimum absolute atomic E-state index is 0.449. The molecule has 2 rings (SSSR count). The van der Waals surface area contributed by atoms with Crippen LogP contribution in [0.4, 0.5) is 0 Å². The van der Waals surface area contributed by atoms with Crippen LogP contribution in [-0.4, -0.2) is 5.75 Å². The highest BCUT2D eigenvalue weighted by atomic mass is 79.9. The predicted octanol–water partition coefficient (Wildman–Crippen LogP) is 5.94. The normalized spacial score (nSPS) is 14.0. The number of benzene rings is 2. The van der Waals surface area contributed by atoms with Crippen molar-refractivity contribution < 1.29 is 0 Å². The summed E-state index contributed by atoms with van der Waals surface area (Å²) in [5, 5.41) is 0. The average Bonchev–Trinajstić information content (AvgIpc) is 2.48. The molecule has 2 unspecified atom stereocenters. The van der Waals surface area contributed by atoms with Gasteiger partial charge in [-0.3, -0.25) is 0 Å². The molecule has 2 aromatic carbocycles. The molecular weight excluding hydrogens is 316 g/mol. The summed E-state index contributed by atoms with van der Waals surface area (Å²) in [6.07, 6.45) is 1.21. The third-order valence-electron chi connectivity index (χ3n) is 3.20. The van der Waals surface area contributed by atoms with Crippen molar-refractivity contribution in [2.45, 2.75) is 23.1 Å². The van der Waals surface area contributed by atoms with Gasteiger partial charge in [-0.05, 0) is 35.8 Å². The van der Waals surface area contributed by atoms with Crippen molar-refractivity contribution in [3.8, 4) is 0 Å². The van der Waals surface area contributed by atoms with Crippen LogP contribution in [0, 0.1) is 5.92 Å².